The molecule has 1 heteroatoms. The largest absolute Gasteiger partial charge is 0.299 e. The smallest absolute Gasteiger partial charge is 0.142 e. The second kappa shape index (κ2) is 5.36. The predicted octanol–water partition coefficient (Wildman–Crippen LogP) is 4.76. The van der Waals surface area contributed by atoms with E-state index in [1.165, 1.54) is 27.8 Å². The van der Waals surface area contributed by atoms with E-state index in [0.29, 0.717) is 0 Å². The van der Waals surface area contributed by atoms with Gasteiger partial charge in [0.05, 0.1) is 5.41 Å². The number of benzene rings is 3. The minimum Gasteiger partial charge on any atom is -0.299 e. The second-order valence-electron chi connectivity index (χ2n) is 5.76. The van der Waals surface area contributed by atoms with Crippen molar-refractivity contribution in [2.75, 3.05) is 0 Å². The fraction of sp³-hybridized carbons (Fsp3) is 0.0455. The minimum absolute atomic E-state index is 0.407. The maximum Gasteiger partial charge on any atom is 0.142 e. The zero-order valence-corrected chi connectivity index (χ0v) is 12.6. The van der Waals surface area contributed by atoms with Crippen LogP contribution in [0.2, 0.25) is 0 Å². The summed E-state index contributed by atoms with van der Waals surface area (Å²) in [4.78, 5) is 11.1. The van der Waals surface area contributed by atoms with E-state index in [1.807, 2.05) is 12.1 Å². The molecule has 0 spiro atoms. The van der Waals surface area contributed by atoms with Gasteiger partial charge in [0.2, 0.25) is 0 Å². The van der Waals surface area contributed by atoms with Gasteiger partial charge in [-0.05, 0) is 33.9 Å². The van der Waals surface area contributed by atoms with Gasteiger partial charge in [0.25, 0.3) is 0 Å². The summed E-state index contributed by atoms with van der Waals surface area (Å²) in [7, 11) is 0. The van der Waals surface area contributed by atoms with Gasteiger partial charge in [-0.2, -0.15) is 0 Å². The van der Waals surface area contributed by atoms with E-state index in [1.54, 1.807) is 6.08 Å². The van der Waals surface area contributed by atoms with Gasteiger partial charge >= 0.3 is 0 Å². The van der Waals surface area contributed by atoms with Crippen LogP contribution in [0.15, 0.2) is 91.0 Å². The third-order valence-corrected chi connectivity index (χ3v) is 4.65. The van der Waals surface area contributed by atoms with Crippen molar-refractivity contribution >= 4 is 6.29 Å². The van der Waals surface area contributed by atoms with Gasteiger partial charge in [0.1, 0.15) is 6.29 Å². The molecule has 4 rings (SSSR count). The lowest BCUT2D eigenvalue weighted by atomic mass is 9.72. The fourth-order valence-corrected chi connectivity index (χ4v) is 3.74. The number of hydrogen-bond acceptors (Lipinski definition) is 1. The predicted molar refractivity (Wildman–Crippen MR) is 93.4 cm³/mol. The zero-order valence-electron chi connectivity index (χ0n) is 12.6. The zero-order chi connectivity index (χ0) is 15.7. The van der Waals surface area contributed by atoms with Gasteiger partial charge in [0.15, 0.2) is 0 Å². The molecule has 0 bridgehead atoms. The first-order chi connectivity index (χ1) is 11.4. The summed E-state index contributed by atoms with van der Waals surface area (Å²) in [6.45, 7) is 0. The number of fused-ring (bicyclic) bond motifs is 3. The van der Waals surface area contributed by atoms with Crippen molar-refractivity contribution in [2.24, 2.45) is 0 Å². The molecule has 3 aromatic rings. The highest BCUT2D eigenvalue weighted by molar-refractivity contribution is 5.85. The van der Waals surface area contributed by atoms with Crippen LogP contribution in [0.25, 0.3) is 11.1 Å². The number of aldehydes is 1. The molecule has 0 aromatic heterocycles. The normalized spacial score (nSPS) is 14.4. The van der Waals surface area contributed by atoms with E-state index >= 15 is 0 Å². The lowest BCUT2D eigenvalue weighted by molar-refractivity contribution is -0.104. The molecule has 1 nitrogen and oxygen atoms in total. The Morgan fingerprint density at radius 1 is 0.652 bits per heavy atom. The molecule has 3 aromatic carbocycles. The molecule has 0 N–H and O–H groups in total. The molecule has 0 fully saturated rings. The third-order valence-electron chi connectivity index (χ3n) is 4.65. The van der Waals surface area contributed by atoms with Gasteiger partial charge in [-0.15, -0.1) is 0 Å². The monoisotopic (exact) mass is 296 g/mol. The highest BCUT2D eigenvalue weighted by atomic mass is 16.1. The van der Waals surface area contributed by atoms with Crippen molar-refractivity contribution < 1.29 is 4.79 Å². The molecule has 110 valence electrons. The Bertz CT molecular complexity index is 845. The first kappa shape index (κ1) is 13.7. The summed E-state index contributed by atoms with van der Waals surface area (Å²) in [5.74, 6) is 0. The van der Waals surface area contributed by atoms with Crippen LogP contribution in [0, 0.1) is 0 Å². The molecule has 0 saturated heterocycles. The van der Waals surface area contributed by atoms with Gasteiger partial charge in [0, 0.05) is 0 Å². The number of allylic oxidation sites excluding steroid dienone is 2. The Hall–Kier alpha value is -2.93. The fourth-order valence-electron chi connectivity index (χ4n) is 3.74. The first-order valence-electron chi connectivity index (χ1n) is 7.76. The average molecular weight is 296 g/mol. The summed E-state index contributed by atoms with van der Waals surface area (Å²) >= 11 is 0. The minimum atomic E-state index is -0.407. The number of rotatable bonds is 3. The quantitative estimate of drug-likeness (QED) is 0.503. The Morgan fingerprint density at radius 3 is 1.74 bits per heavy atom. The van der Waals surface area contributed by atoms with Crippen LogP contribution in [0.1, 0.15) is 16.7 Å². The molecular weight excluding hydrogens is 280 g/mol. The van der Waals surface area contributed by atoms with Crippen LogP contribution in [-0.4, -0.2) is 6.29 Å². The van der Waals surface area contributed by atoms with E-state index in [2.05, 4.69) is 72.8 Å². The molecule has 1 aliphatic rings. The van der Waals surface area contributed by atoms with Crippen LogP contribution < -0.4 is 0 Å². The maximum absolute atomic E-state index is 11.1. The number of carbonyl (C=O) groups excluding carboxylic acids is 1. The van der Waals surface area contributed by atoms with Crippen molar-refractivity contribution in [3.8, 4) is 11.1 Å². The highest BCUT2D eigenvalue weighted by Gasteiger charge is 2.42. The summed E-state index contributed by atoms with van der Waals surface area (Å²) < 4.78 is 0. The molecule has 23 heavy (non-hydrogen) atoms. The number of hydrogen-bond donors (Lipinski definition) is 0. The van der Waals surface area contributed by atoms with Crippen LogP contribution in [-0.2, 0) is 10.2 Å². The first-order valence-corrected chi connectivity index (χ1v) is 7.76. The van der Waals surface area contributed by atoms with E-state index in [0.717, 1.165) is 6.29 Å². The van der Waals surface area contributed by atoms with Gasteiger partial charge in [-0.25, -0.2) is 0 Å². The highest BCUT2D eigenvalue weighted by Crippen LogP contribution is 2.53. The van der Waals surface area contributed by atoms with Gasteiger partial charge in [-0.3, -0.25) is 4.79 Å². The maximum atomic E-state index is 11.1. The Labute approximate surface area is 135 Å². The lowest BCUT2D eigenvalue weighted by Gasteiger charge is -2.29. The van der Waals surface area contributed by atoms with Crippen molar-refractivity contribution in [1.82, 2.24) is 0 Å². The Balaban J connectivity index is 2.14. The molecule has 1 aliphatic carbocycles. The van der Waals surface area contributed by atoms with Crippen LogP contribution in [0.3, 0.4) is 0 Å². The Morgan fingerprint density at radius 2 is 1.17 bits per heavy atom. The van der Waals surface area contributed by atoms with Crippen LogP contribution >= 0.6 is 0 Å². The summed E-state index contributed by atoms with van der Waals surface area (Å²) in [6.07, 6.45) is 4.50. The van der Waals surface area contributed by atoms with Crippen molar-refractivity contribution in [3.05, 3.63) is 108 Å². The van der Waals surface area contributed by atoms with Crippen molar-refractivity contribution in [3.63, 3.8) is 0 Å². The molecule has 0 saturated carbocycles. The van der Waals surface area contributed by atoms with E-state index in [9.17, 15) is 4.79 Å². The lowest BCUT2D eigenvalue weighted by Crippen LogP contribution is -2.24. The summed E-state index contributed by atoms with van der Waals surface area (Å²) in [5, 5.41) is 0. The molecule has 0 heterocycles. The molecule has 0 unspecified atom stereocenters. The van der Waals surface area contributed by atoms with Gasteiger partial charge in [-0.1, -0.05) is 84.9 Å². The number of carbonyl (C=O) groups is 1. The SMILES string of the molecule is O=CC=CC1(c2ccccc2)c2ccccc2-c2ccccc21. The topological polar surface area (TPSA) is 17.1 Å². The average Bonchev–Trinajstić information content (AvgIpc) is 2.92. The second-order valence-corrected chi connectivity index (χ2v) is 5.76. The molecular formula is C22H16O. The Kier molecular flexibility index (Phi) is 3.20. The van der Waals surface area contributed by atoms with Crippen molar-refractivity contribution in [2.45, 2.75) is 5.41 Å². The summed E-state index contributed by atoms with van der Waals surface area (Å²) in [5.41, 5.74) is 5.70. The molecule has 0 radical (unpaired) electrons. The van der Waals surface area contributed by atoms with E-state index in [4.69, 9.17) is 0 Å². The van der Waals surface area contributed by atoms with Crippen LogP contribution in [0.4, 0.5) is 0 Å². The van der Waals surface area contributed by atoms with Crippen LogP contribution in [0.5, 0.6) is 0 Å². The molecule has 0 amide bonds. The van der Waals surface area contributed by atoms with Gasteiger partial charge < -0.3 is 0 Å². The third kappa shape index (κ3) is 1.90. The van der Waals surface area contributed by atoms with E-state index in [-0.39, 0.29) is 0 Å². The van der Waals surface area contributed by atoms with Crippen molar-refractivity contribution in [1.29, 1.82) is 0 Å². The molecule has 0 atom stereocenters. The van der Waals surface area contributed by atoms with E-state index < -0.39 is 5.41 Å². The standard InChI is InChI=1S/C22H16O/c23-16-8-15-22(17-9-2-1-3-10-17)20-13-6-4-11-18(20)19-12-5-7-14-21(19)22/h1-16H. The molecule has 0 aliphatic heterocycles. The summed E-state index contributed by atoms with van der Waals surface area (Å²) in [6, 6.07) is 27.3.